The van der Waals surface area contributed by atoms with E-state index in [1.165, 1.54) is 0 Å². The number of ether oxygens (including phenoxy) is 1. The zero-order valence-electron chi connectivity index (χ0n) is 11.3. The van der Waals surface area contributed by atoms with Crippen LogP contribution in [0.1, 0.15) is 39.0 Å². The molecule has 0 bridgehead atoms. The Balaban J connectivity index is 1.90. The number of likely N-dealkylation sites (tertiary alicyclic amines) is 1. The Kier molecular flexibility index (Phi) is 5.01. The zero-order valence-corrected chi connectivity index (χ0v) is 11.3. The van der Waals surface area contributed by atoms with Crippen molar-refractivity contribution in [3.05, 3.63) is 0 Å². The molecule has 4 nitrogen and oxygen atoms in total. The molecule has 2 unspecified atom stereocenters. The minimum absolute atomic E-state index is 0.258. The molecule has 0 spiro atoms. The minimum atomic E-state index is -0.639. The number of carboxylic acid groups (broad SMARTS) is 1. The second-order valence-corrected chi connectivity index (χ2v) is 5.70. The number of piperidine rings is 1. The normalized spacial score (nSPS) is 31.4. The van der Waals surface area contributed by atoms with Crippen molar-refractivity contribution in [2.75, 3.05) is 26.3 Å². The van der Waals surface area contributed by atoms with E-state index in [0.717, 1.165) is 58.4 Å². The van der Waals surface area contributed by atoms with E-state index in [0.29, 0.717) is 11.8 Å². The molecular weight excluding hydrogens is 230 g/mol. The standard InChI is InChI=1S/C14H25NO3/c1-2-11-3-6-15(13(9-11)14(16)17)10-12-4-7-18-8-5-12/h11-13H,2-10H2,1H3,(H,16,17). The third-order valence-corrected chi connectivity index (χ3v) is 4.52. The van der Waals surface area contributed by atoms with Gasteiger partial charge in [-0.05, 0) is 44.1 Å². The number of rotatable bonds is 4. The van der Waals surface area contributed by atoms with Gasteiger partial charge in [0.25, 0.3) is 0 Å². The maximum absolute atomic E-state index is 11.4. The number of hydrogen-bond acceptors (Lipinski definition) is 3. The molecule has 0 aromatic rings. The Hall–Kier alpha value is -0.610. The fourth-order valence-corrected chi connectivity index (χ4v) is 3.19. The first kappa shape index (κ1) is 13.8. The molecule has 2 aliphatic rings. The molecule has 18 heavy (non-hydrogen) atoms. The van der Waals surface area contributed by atoms with Crippen molar-refractivity contribution in [3.8, 4) is 0 Å². The first-order valence-electron chi connectivity index (χ1n) is 7.25. The first-order valence-corrected chi connectivity index (χ1v) is 7.25. The van der Waals surface area contributed by atoms with Crippen LogP contribution in [0, 0.1) is 11.8 Å². The van der Waals surface area contributed by atoms with E-state index in [1.807, 2.05) is 0 Å². The maximum atomic E-state index is 11.4. The molecule has 104 valence electrons. The molecule has 2 heterocycles. The van der Waals surface area contributed by atoms with Crippen molar-refractivity contribution < 1.29 is 14.6 Å². The topological polar surface area (TPSA) is 49.8 Å². The van der Waals surface area contributed by atoms with Gasteiger partial charge in [0.1, 0.15) is 6.04 Å². The number of carbonyl (C=O) groups is 1. The third-order valence-electron chi connectivity index (χ3n) is 4.52. The summed E-state index contributed by atoms with van der Waals surface area (Å²) in [6.45, 7) is 5.74. The monoisotopic (exact) mass is 255 g/mol. The van der Waals surface area contributed by atoms with Gasteiger partial charge in [-0.25, -0.2) is 0 Å². The second kappa shape index (κ2) is 6.53. The number of nitrogens with zero attached hydrogens (tertiary/aromatic N) is 1. The Morgan fingerprint density at radius 2 is 2.00 bits per heavy atom. The fraction of sp³-hybridized carbons (Fsp3) is 0.929. The van der Waals surface area contributed by atoms with Crippen LogP contribution in [-0.2, 0) is 9.53 Å². The fourth-order valence-electron chi connectivity index (χ4n) is 3.19. The van der Waals surface area contributed by atoms with Crippen LogP contribution in [0.15, 0.2) is 0 Å². The van der Waals surface area contributed by atoms with Gasteiger partial charge in [-0.15, -0.1) is 0 Å². The molecule has 4 heteroatoms. The molecule has 2 rings (SSSR count). The molecule has 2 aliphatic heterocycles. The van der Waals surface area contributed by atoms with Gasteiger partial charge < -0.3 is 9.84 Å². The van der Waals surface area contributed by atoms with Crippen LogP contribution in [0.2, 0.25) is 0 Å². The number of aliphatic carboxylic acids is 1. The van der Waals surface area contributed by atoms with Gasteiger partial charge in [0.05, 0.1) is 0 Å². The lowest BCUT2D eigenvalue weighted by Crippen LogP contribution is -2.49. The zero-order chi connectivity index (χ0) is 13.0. The lowest BCUT2D eigenvalue weighted by molar-refractivity contribution is -0.146. The van der Waals surface area contributed by atoms with Gasteiger partial charge in [0, 0.05) is 19.8 Å². The van der Waals surface area contributed by atoms with Gasteiger partial charge >= 0.3 is 5.97 Å². The van der Waals surface area contributed by atoms with E-state index in [9.17, 15) is 9.90 Å². The van der Waals surface area contributed by atoms with Gasteiger partial charge in [-0.3, -0.25) is 9.69 Å². The van der Waals surface area contributed by atoms with E-state index in [1.54, 1.807) is 0 Å². The van der Waals surface area contributed by atoms with Gasteiger partial charge in [0.2, 0.25) is 0 Å². The highest BCUT2D eigenvalue weighted by Gasteiger charge is 2.33. The van der Waals surface area contributed by atoms with Crippen LogP contribution in [0.5, 0.6) is 0 Å². The Labute approximate surface area is 109 Å². The van der Waals surface area contributed by atoms with Crippen molar-refractivity contribution in [3.63, 3.8) is 0 Å². The van der Waals surface area contributed by atoms with Crippen LogP contribution in [-0.4, -0.2) is 48.3 Å². The van der Waals surface area contributed by atoms with E-state index < -0.39 is 5.97 Å². The van der Waals surface area contributed by atoms with Crippen molar-refractivity contribution in [2.24, 2.45) is 11.8 Å². The Bertz CT molecular complexity index is 276. The quantitative estimate of drug-likeness (QED) is 0.834. The second-order valence-electron chi connectivity index (χ2n) is 5.70. The SMILES string of the molecule is CCC1CCN(CC2CCOCC2)C(C(=O)O)C1. The third kappa shape index (κ3) is 3.45. The average Bonchev–Trinajstić information content (AvgIpc) is 2.40. The summed E-state index contributed by atoms with van der Waals surface area (Å²) in [4.78, 5) is 13.6. The van der Waals surface area contributed by atoms with Crippen molar-refractivity contribution in [2.45, 2.75) is 45.1 Å². The van der Waals surface area contributed by atoms with E-state index in [-0.39, 0.29) is 6.04 Å². The smallest absolute Gasteiger partial charge is 0.320 e. The summed E-state index contributed by atoms with van der Waals surface area (Å²) in [5.41, 5.74) is 0. The summed E-state index contributed by atoms with van der Waals surface area (Å²) >= 11 is 0. The van der Waals surface area contributed by atoms with Crippen LogP contribution in [0.3, 0.4) is 0 Å². The van der Waals surface area contributed by atoms with Gasteiger partial charge in [-0.1, -0.05) is 13.3 Å². The van der Waals surface area contributed by atoms with Crippen LogP contribution in [0.25, 0.3) is 0 Å². The Morgan fingerprint density at radius 3 is 2.61 bits per heavy atom. The van der Waals surface area contributed by atoms with Gasteiger partial charge in [-0.2, -0.15) is 0 Å². The molecule has 0 saturated carbocycles. The molecule has 2 atom stereocenters. The summed E-state index contributed by atoms with van der Waals surface area (Å²) in [6.07, 6.45) is 5.26. The predicted molar refractivity (Wildman–Crippen MR) is 69.6 cm³/mol. The largest absolute Gasteiger partial charge is 0.480 e. The molecule has 2 saturated heterocycles. The van der Waals surface area contributed by atoms with Crippen LogP contribution >= 0.6 is 0 Å². The summed E-state index contributed by atoms with van der Waals surface area (Å²) in [5, 5.41) is 9.39. The molecule has 0 aliphatic carbocycles. The minimum Gasteiger partial charge on any atom is -0.480 e. The highest BCUT2D eigenvalue weighted by molar-refractivity contribution is 5.73. The van der Waals surface area contributed by atoms with Crippen LogP contribution in [0.4, 0.5) is 0 Å². The summed E-state index contributed by atoms with van der Waals surface area (Å²) in [5.74, 6) is 0.580. The highest BCUT2D eigenvalue weighted by atomic mass is 16.5. The number of carboxylic acids is 1. The maximum Gasteiger partial charge on any atom is 0.320 e. The van der Waals surface area contributed by atoms with E-state index in [2.05, 4.69) is 11.8 Å². The lowest BCUT2D eigenvalue weighted by atomic mass is 9.87. The molecule has 1 N–H and O–H groups in total. The predicted octanol–water partition coefficient (Wildman–Crippen LogP) is 1.99. The number of hydrogen-bond donors (Lipinski definition) is 1. The van der Waals surface area contributed by atoms with Gasteiger partial charge in [0.15, 0.2) is 0 Å². The van der Waals surface area contributed by atoms with Crippen molar-refractivity contribution in [1.82, 2.24) is 4.90 Å². The molecule has 0 amide bonds. The highest BCUT2D eigenvalue weighted by Crippen LogP contribution is 2.27. The summed E-state index contributed by atoms with van der Waals surface area (Å²) < 4.78 is 5.36. The average molecular weight is 255 g/mol. The molecule has 0 aromatic heterocycles. The lowest BCUT2D eigenvalue weighted by Gasteiger charge is -2.39. The molecular formula is C14H25NO3. The van der Waals surface area contributed by atoms with Crippen LogP contribution < -0.4 is 0 Å². The van der Waals surface area contributed by atoms with Crippen molar-refractivity contribution in [1.29, 1.82) is 0 Å². The van der Waals surface area contributed by atoms with E-state index in [4.69, 9.17) is 4.74 Å². The summed E-state index contributed by atoms with van der Waals surface area (Å²) in [6, 6.07) is -0.258. The summed E-state index contributed by atoms with van der Waals surface area (Å²) in [7, 11) is 0. The molecule has 2 fully saturated rings. The molecule has 0 aromatic carbocycles. The van der Waals surface area contributed by atoms with Crippen molar-refractivity contribution >= 4 is 5.97 Å². The Morgan fingerprint density at radius 1 is 1.28 bits per heavy atom. The first-order chi connectivity index (χ1) is 8.70. The molecule has 0 radical (unpaired) electrons. The van der Waals surface area contributed by atoms with E-state index >= 15 is 0 Å².